The minimum atomic E-state index is -0.367. The molecule has 0 aromatic heterocycles. The standard InChI is InChI=1S/C16H14FNO3/c1-18(16(19)11-2-4-12(17)5-3-11)13-6-7-14-15(10-13)21-9-8-20-14/h2-7,10H,8-9H2,1H3. The lowest BCUT2D eigenvalue weighted by Crippen LogP contribution is -2.26. The van der Waals surface area contributed by atoms with Gasteiger partial charge in [0, 0.05) is 24.4 Å². The molecule has 108 valence electrons. The molecule has 0 spiro atoms. The zero-order valence-electron chi connectivity index (χ0n) is 11.5. The van der Waals surface area contributed by atoms with Gasteiger partial charge in [0.25, 0.3) is 5.91 Å². The summed E-state index contributed by atoms with van der Waals surface area (Å²) in [5, 5.41) is 0. The van der Waals surface area contributed by atoms with E-state index in [1.165, 1.54) is 29.2 Å². The maximum Gasteiger partial charge on any atom is 0.258 e. The van der Waals surface area contributed by atoms with Crippen molar-refractivity contribution in [2.24, 2.45) is 0 Å². The number of fused-ring (bicyclic) bond motifs is 1. The lowest BCUT2D eigenvalue weighted by molar-refractivity contribution is 0.0993. The molecule has 5 heteroatoms. The molecule has 0 atom stereocenters. The van der Waals surface area contributed by atoms with Crippen molar-refractivity contribution in [1.82, 2.24) is 0 Å². The van der Waals surface area contributed by atoms with E-state index in [0.717, 1.165) is 0 Å². The molecule has 0 bridgehead atoms. The van der Waals surface area contributed by atoms with Gasteiger partial charge >= 0.3 is 0 Å². The van der Waals surface area contributed by atoms with E-state index in [2.05, 4.69) is 0 Å². The van der Waals surface area contributed by atoms with Crippen LogP contribution in [0.2, 0.25) is 0 Å². The highest BCUT2D eigenvalue weighted by atomic mass is 19.1. The van der Waals surface area contributed by atoms with Crippen LogP contribution < -0.4 is 14.4 Å². The maximum atomic E-state index is 12.9. The minimum Gasteiger partial charge on any atom is -0.486 e. The Morgan fingerprint density at radius 2 is 1.71 bits per heavy atom. The number of ether oxygens (including phenoxy) is 2. The van der Waals surface area contributed by atoms with E-state index >= 15 is 0 Å². The number of nitrogens with zero attached hydrogens (tertiary/aromatic N) is 1. The molecule has 1 heterocycles. The molecule has 1 aliphatic rings. The van der Waals surface area contributed by atoms with Crippen LogP contribution in [-0.4, -0.2) is 26.2 Å². The number of carbonyl (C=O) groups excluding carboxylic acids is 1. The molecule has 3 rings (SSSR count). The van der Waals surface area contributed by atoms with Gasteiger partial charge in [-0.15, -0.1) is 0 Å². The zero-order chi connectivity index (χ0) is 14.8. The van der Waals surface area contributed by atoms with Gasteiger partial charge in [-0.25, -0.2) is 4.39 Å². The summed E-state index contributed by atoms with van der Waals surface area (Å²) in [4.78, 5) is 13.8. The van der Waals surface area contributed by atoms with Crippen molar-refractivity contribution in [3.8, 4) is 11.5 Å². The zero-order valence-corrected chi connectivity index (χ0v) is 11.5. The molecular weight excluding hydrogens is 273 g/mol. The molecule has 1 amide bonds. The first-order valence-electron chi connectivity index (χ1n) is 6.58. The van der Waals surface area contributed by atoms with Crippen LogP contribution in [0.25, 0.3) is 0 Å². The van der Waals surface area contributed by atoms with Crippen molar-refractivity contribution in [2.75, 3.05) is 25.2 Å². The van der Waals surface area contributed by atoms with Crippen molar-refractivity contribution in [1.29, 1.82) is 0 Å². The van der Waals surface area contributed by atoms with E-state index in [1.54, 1.807) is 25.2 Å². The highest BCUT2D eigenvalue weighted by molar-refractivity contribution is 6.05. The van der Waals surface area contributed by atoms with Crippen LogP contribution in [0.3, 0.4) is 0 Å². The predicted molar refractivity (Wildman–Crippen MR) is 76.6 cm³/mol. The highest BCUT2D eigenvalue weighted by Crippen LogP contribution is 2.34. The third-order valence-corrected chi connectivity index (χ3v) is 3.31. The molecule has 0 saturated carbocycles. The smallest absolute Gasteiger partial charge is 0.258 e. The molecule has 0 fully saturated rings. The fourth-order valence-electron chi connectivity index (χ4n) is 2.14. The van der Waals surface area contributed by atoms with Crippen LogP contribution >= 0.6 is 0 Å². The first-order chi connectivity index (χ1) is 10.1. The molecule has 21 heavy (non-hydrogen) atoms. The number of benzene rings is 2. The van der Waals surface area contributed by atoms with E-state index < -0.39 is 0 Å². The molecule has 2 aromatic carbocycles. The van der Waals surface area contributed by atoms with Gasteiger partial charge in [-0.3, -0.25) is 4.79 Å². The van der Waals surface area contributed by atoms with Crippen LogP contribution in [0.4, 0.5) is 10.1 Å². The van der Waals surface area contributed by atoms with Crippen molar-refractivity contribution in [3.05, 3.63) is 53.8 Å². The van der Waals surface area contributed by atoms with E-state index in [9.17, 15) is 9.18 Å². The van der Waals surface area contributed by atoms with Gasteiger partial charge in [0.15, 0.2) is 11.5 Å². The van der Waals surface area contributed by atoms with Crippen LogP contribution in [0.1, 0.15) is 10.4 Å². The molecule has 4 nitrogen and oxygen atoms in total. The number of carbonyl (C=O) groups is 1. The monoisotopic (exact) mass is 287 g/mol. The molecule has 0 radical (unpaired) electrons. The number of anilines is 1. The molecule has 2 aromatic rings. The van der Waals surface area contributed by atoms with Crippen LogP contribution in [-0.2, 0) is 0 Å². The highest BCUT2D eigenvalue weighted by Gasteiger charge is 2.17. The van der Waals surface area contributed by atoms with Crippen LogP contribution in [0.5, 0.6) is 11.5 Å². The van der Waals surface area contributed by atoms with E-state index in [-0.39, 0.29) is 11.7 Å². The van der Waals surface area contributed by atoms with Gasteiger partial charge in [0.2, 0.25) is 0 Å². The summed E-state index contributed by atoms with van der Waals surface area (Å²) in [7, 11) is 1.66. The Morgan fingerprint density at radius 3 is 2.43 bits per heavy atom. The summed E-state index contributed by atoms with van der Waals surface area (Å²) in [6.45, 7) is 1.02. The van der Waals surface area contributed by atoms with Crippen molar-refractivity contribution < 1.29 is 18.7 Å². The Bertz CT molecular complexity index is 670. The number of hydrogen-bond acceptors (Lipinski definition) is 3. The third kappa shape index (κ3) is 2.67. The topological polar surface area (TPSA) is 38.8 Å². The normalized spacial score (nSPS) is 12.9. The Labute approximate surface area is 121 Å². The number of hydrogen-bond donors (Lipinski definition) is 0. The molecule has 0 saturated heterocycles. The lowest BCUT2D eigenvalue weighted by Gasteiger charge is -2.22. The van der Waals surface area contributed by atoms with Crippen molar-refractivity contribution in [3.63, 3.8) is 0 Å². The number of amides is 1. The van der Waals surface area contributed by atoms with Crippen LogP contribution in [0, 0.1) is 5.82 Å². The van der Waals surface area contributed by atoms with Crippen LogP contribution in [0.15, 0.2) is 42.5 Å². The number of rotatable bonds is 2. The second-order valence-electron chi connectivity index (χ2n) is 4.70. The number of halogens is 1. The summed E-state index contributed by atoms with van der Waals surface area (Å²) >= 11 is 0. The van der Waals surface area contributed by atoms with E-state index in [0.29, 0.717) is 36.0 Å². The second-order valence-corrected chi connectivity index (χ2v) is 4.70. The Balaban J connectivity index is 1.85. The maximum absolute atomic E-state index is 12.9. The van der Waals surface area contributed by atoms with Gasteiger partial charge < -0.3 is 14.4 Å². The average molecular weight is 287 g/mol. The first kappa shape index (κ1) is 13.4. The van der Waals surface area contributed by atoms with Gasteiger partial charge in [-0.1, -0.05) is 0 Å². The summed E-state index contributed by atoms with van der Waals surface area (Å²) in [6, 6.07) is 10.8. The molecule has 0 unspecified atom stereocenters. The first-order valence-corrected chi connectivity index (χ1v) is 6.58. The third-order valence-electron chi connectivity index (χ3n) is 3.31. The van der Waals surface area contributed by atoms with Gasteiger partial charge in [-0.05, 0) is 36.4 Å². The lowest BCUT2D eigenvalue weighted by atomic mass is 10.2. The second kappa shape index (κ2) is 5.44. The summed E-state index contributed by atoms with van der Waals surface area (Å²) in [5.41, 5.74) is 1.11. The van der Waals surface area contributed by atoms with E-state index in [4.69, 9.17) is 9.47 Å². The van der Waals surface area contributed by atoms with Crippen molar-refractivity contribution >= 4 is 11.6 Å². The average Bonchev–Trinajstić information content (AvgIpc) is 2.54. The summed E-state index contributed by atoms with van der Waals surface area (Å²) < 4.78 is 23.9. The Morgan fingerprint density at radius 1 is 1.05 bits per heavy atom. The molecule has 1 aliphatic heterocycles. The van der Waals surface area contributed by atoms with Gasteiger partial charge in [-0.2, -0.15) is 0 Å². The van der Waals surface area contributed by atoms with Gasteiger partial charge in [0.05, 0.1) is 0 Å². The fraction of sp³-hybridized carbons (Fsp3) is 0.188. The van der Waals surface area contributed by atoms with E-state index in [1.807, 2.05) is 0 Å². The SMILES string of the molecule is CN(C(=O)c1ccc(F)cc1)c1ccc2c(c1)OCCO2. The quantitative estimate of drug-likeness (QED) is 0.852. The fourth-order valence-corrected chi connectivity index (χ4v) is 2.14. The molecular formula is C16H14FNO3. The molecule has 0 N–H and O–H groups in total. The largest absolute Gasteiger partial charge is 0.486 e. The van der Waals surface area contributed by atoms with Gasteiger partial charge in [0.1, 0.15) is 19.0 Å². The minimum absolute atomic E-state index is 0.216. The molecule has 0 aliphatic carbocycles. The predicted octanol–water partition coefficient (Wildman–Crippen LogP) is 2.87. The Hall–Kier alpha value is -2.56. The van der Waals surface area contributed by atoms with Crippen molar-refractivity contribution in [2.45, 2.75) is 0 Å². The Kier molecular flexibility index (Phi) is 3.48. The summed E-state index contributed by atoms with van der Waals surface area (Å²) in [5.74, 6) is 0.713. The summed E-state index contributed by atoms with van der Waals surface area (Å²) in [6.07, 6.45) is 0.